The zero-order chi connectivity index (χ0) is 17.0. The third kappa shape index (κ3) is 5.33. The van der Waals surface area contributed by atoms with E-state index in [1.54, 1.807) is 6.92 Å². The number of hydrogen-bond acceptors (Lipinski definition) is 3. The number of piperidine rings is 1. The molecule has 4 heteroatoms. The smallest absolute Gasteiger partial charge is 0.216 e. The third-order valence-electron chi connectivity index (χ3n) is 4.61. The average Bonchev–Trinajstić information content (AvgIpc) is 2.45. The normalized spacial score (nSPS) is 22.8. The van der Waals surface area contributed by atoms with Gasteiger partial charge in [-0.05, 0) is 28.9 Å². The van der Waals surface area contributed by atoms with Gasteiger partial charge in [0, 0.05) is 39.1 Å². The molecule has 2 atom stereocenters. The van der Waals surface area contributed by atoms with Crippen LogP contribution in [0.3, 0.4) is 0 Å². The van der Waals surface area contributed by atoms with E-state index in [4.69, 9.17) is 5.73 Å². The van der Waals surface area contributed by atoms with Crippen molar-refractivity contribution in [3.05, 3.63) is 35.4 Å². The second-order valence-corrected chi connectivity index (χ2v) is 7.81. The molecule has 23 heavy (non-hydrogen) atoms. The van der Waals surface area contributed by atoms with Crippen molar-refractivity contribution in [1.82, 2.24) is 10.2 Å². The predicted molar refractivity (Wildman–Crippen MR) is 95.6 cm³/mol. The lowest BCUT2D eigenvalue weighted by Gasteiger charge is -2.36. The van der Waals surface area contributed by atoms with Crippen molar-refractivity contribution >= 4 is 5.91 Å². The molecule has 0 bridgehead atoms. The van der Waals surface area contributed by atoms with E-state index in [-0.39, 0.29) is 17.4 Å². The zero-order valence-corrected chi connectivity index (χ0v) is 14.9. The van der Waals surface area contributed by atoms with Gasteiger partial charge in [-0.15, -0.1) is 0 Å². The summed E-state index contributed by atoms with van der Waals surface area (Å²) in [6, 6.07) is 9.21. The lowest BCUT2D eigenvalue weighted by molar-refractivity contribution is -0.119. The number of nitrogens with two attached hydrogens (primary N) is 1. The molecule has 0 radical (unpaired) electrons. The predicted octanol–water partition coefficient (Wildman–Crippen LogP) is 2.24. The van der Waals surface area contributed by atoms with Crippen LogP contribution >= 0.6 is 0 Å². The van der Waals surface area contributed by atoms with Crippen LogP contribution in [0.4, 0.5) is 0 Å². The lowest BCUT2D eigenvalue weighted by atomic mass is 9.83. The van der Waals surface area contributed by atoms with Gasteiger partial charge in [-0.25, -0.2) is 0 Å². The second-order valence-electron chi connectivity index (χ2n) is 7.81. The molecule has 128 valence electrons. The van der Waals surface area contributed by atoms with Crippen LogP contribution in [-0.2, 0) is 10.2 Å². The summed E-state index contributed by atoms with van der Waals surface area (Å²) in [6.07, 6.45) is 1.03. The first kappa shape index (κ1) is 18.0. The van der Waals surface area contributed by atoms with Gasteiger partial charge < -0.3 is 11.1 Å². The largest absolute Gasteiger partial charge is 0.355 e. The summed E-state index contributed by atoms with van der Waals surface area (Å²) in [6.45, 7) is 11.8. The maximum Gasteiger partial charge on any atom is 0.216 e. The molecule has 1 aliphatic heterocycles. The molecular formula is C19H31N3O. The Kier molecular flexibility index (Phi) is 5.82. The number of carbonyl (C=O) groups excluding carboxylic acids is 1. The van der Waals surface area contributed by atoms with E-state index < -0.39 is 0 Å². The van der Waals surface area contributed by atoms with Crippen LogP contribution in [0, 0.1) is 0 Å². The molecule has 1 heterocycles. The first-order chi connectivity index (χ1) is 10.8. The molecule has 0 spiro atoms. The average molecular weight is 317 g/mol. The quantitative estimate of drug-likeness (QED) is 0.895. The van der Waals surface area contributed by atoms with Gasteiger partial charge in [0.2, 0.25) is 5.91 Å². The van der Waals surface area contributed by atoms with Crippen molar-refractivity contribution in [2.75, 3.05) is 26.2 Å². The van der Waals surface area contributed by atoms with Gasteiger partial charge in [-0.1, -0.05) is 45.0 Å². The standard InChI is InChI=1S/C19H31N3O/c1-14(23)21-9-10-22-12-16(11-18(20)13-22)15-5-7-17(8-6-15)19(2,3)4/h5-8,16,18H,9-13,20H2,1-4H3,(H,21,23). The number of likely N-dealkylation sites (tertiary alicyclic amines) is 1. The summed E-state index contributed by atoms with van der Waals surface area (Å²) in [7, 11) is 0. The molecule has 1 amide bonds. The van der Waals surface area contributed by atoms with Gasteiger partial charge in [0.1, 0.15) is 0 Å². The number of hydrogen-bond donors (Lipinski definition) is 2. The summed E-state index contributed by atoms with van der Waals surface area (Å²) in [5.74, 6) is 0.505. The van der Waals surface area contributed by atoms with Crippen molar-refractivity contribution in [2.45, 2.75) is 51.5 Å². The highest BCUT2D eigenvalue weighted by molar-refractivity contribution is 5.72. The van der Waals surface area contributed by atoms with Gasteiger partial charge in [0.25, 0.3) is 0 Å². The Hall–Kier alpha value is -1.39. The Labute approximate surface area is 140 Å². The van der Waals surface area contributed by atoms with Crippen LogP contribution in [0.1, 0.15) is 51.2 Å². The number of rotatable bonds is 4. The van der Waals surface area contributed by atoms with Crippen molar-refractivity contribution in [1.29, 1.82) is 0 Å². The highest BCUT2D eigenvalue weighted by Crippen LogP contribution is 2.29. The number of nitrogens with zero attached hydrogens (tertiary/aromatic N) is 1. The molecule has 4 nitrogen and oxygen atoms in total. The molecule has 0 aromatic heterocycles. The fourth-order valence-corrected chi connectivity index (χ4v) is 3.30. The van der Waals surface area contributed by atoms with Gasteiger partial charge in [-0.3, -0.25) is 9.69 Å². The molecule has 2 unspecified atom stereocenters. The molecule has 2 rings (SSSR count). The van der Waals surface area contributed by atoms with E-state index in [2.05, 4.69) is 55.3 Å². The molecular weight excluding hydrogens is 286 g/mol. The summed E-state index contributed by atoms with van der Waals surface area (Å²) in [5, 5.41) is 2.86. The molecule has 1 aromatic carbocycles. The summed E-state index contributed by atoms with van der Waals surface area (Å²) < 4.78 is 0. The molecule has 0 saturated carbocycles. The maximum atomic E-state index is 11.0. The minimum absolute atomic E-state index is 0.0284. The van der Waals surface area contributed by atoms with Gasteiger partial charge in [-0.2, -0.15) is 0 Å². The first-order valence-corrected chi connectivity index (χ1v) is 8.58. The molecule has 1 aliphatic rings. The lowest BCUT2D eigenvalue weighted by Crippen LogP contribution is -2.48. The van der Waals surface area contributed by atoms with E-state index in [0.717, 1.165) is 26.1 Å². The first-order valence-electron chi connectivity index (χ1n) is 8.58. The van der Waals surface area contributed by atoms with Gasteiger partial charge in [0.15, 0.2) is 0 Å². The summed E-state index contributed by atoms with van der Waals surface area (Å²) >= 11 is 0. The Morgan fingerprint density at radius 2 is 1.91 bits per heavy atom. The third-order valence-corrected chi connectivity index (χ3v) is 4.61. The minimum Gasteiger partial charge on any atom is -0.355 e. The highest BCUT2D eigenvalue weighted by Gasteiger charge is 2.26. The number of nitrogens with one attached hydrogen (secondary N) is 1. The molecule has 3 N–H and O–H groups in total. The Bertz CT molecular complexity index is 518. The van der Waals surface area contributed by atoms with E-state index in [9.17, 15) is 4.79 Å². The molecule has 0 aliphatic carbocycles. The fraction of sp³-hybridized carbons (Fsp3) is 0.632. The molecule has 1 fully saturated rings. The van der Waals surface area contributed by atoms with Gasteiger partial charge >= 0.3 is 0 Å². The highest BCUT2D eigenvalue weighted by atomic mass is 16.1. The van der Waals surface area contributed by atoms with Crippen LogP contribution in [0.5, 0.6) is 0 Å². The Morgan fingerprint density at radius 1 is 1.26 bits per heavy atom. The Balaban J connectivity index is 1.99. The maximum absolute atomic E-state index is 11.0. The summed E-state index contributed by atoms with van der Waals surface area (Å²) in [4.78, 5) is 13.4. The monoisotopic (exact) mass is 317 g/mol. The van der Waals surface area contributed by atoms with Crippen molar-refractivity contribution in [3.8, 4) is 0 Å². The van der Waals surface area contributed by atoms with E-state index >= 15 is 0 Å². The number of amides is 1. The minimum atomic E-state index is 0.0284. The van der Waals surface area contributed by atoms with Crippen LogP contribution < -0.4 is 11.1 Å². The van der Waals surface area contributed by atoms with Crippen molar-refractivity contribution < 1.29 is 4.79 Å². The summed E-state index contributed by atoms with van der Waals surface area (Å²) in [5.41, 5.74) is 9.18. The zero-order valence-electron chi connectivity index (χ0n) is 14.9. The van der Waals surface area contributed by atoms with Crippen LogP contribution in [0.15, 0.2) is 24.3 Å². The SMILES string of the molecule is CC(=O)NCCN1CC(N)CC(c2ccc(C(C)(C)C)cc2)C1. The van der Waals surface area contributed by atoms with Crippen molar-refractivity contribution in [2.24, 2.45) is 5.73 Å². The van der Waals surface area contributed by atoms with Crippen LogP contribution in [0.2, 0.25) is 0 Å². The van der Waals surface area contributed by atoms with Crippen LogP contribution in [-0.4, -0.2) is 43.0 Å². The van der Waals surface area contributed by atoms with Crippen LogP contribution in [0.25, 0.3) is 0 Å². The fourth-order valence-electron chi connectivity index (χ4n) is 3.30. The number of carbonyl (C=O) groups is 1. The molecule has 1 aromatic rings. The van der Waals surface area contributed by atoms with E-state index in [1.165, 1.54) is 11.1 Å². The van der Waals surface area contributed by atoms with E-state index in [1.807, 2.05) is 0 Å². The topological polar surface area (TPSA) is 58.4 Å². The number of benzene rings is 1. The second kappa shape index (κ2) is 7.45. The van der Waals surface area contributed by atoms with E-state index in [0.29, 0.717) is 12.5 Å². The van der Waals surface area contributed by atoms with Crippen molar-refractivity contribution in [3.63, 3.8) is 0 Å². The Morgan fingerprint density at radius 3 is 2.48 bits per heavy atom. The molecule has 1 saturated heterocycles. The van der Waals surface area contributed by atoms with Gasteiger partial charge in [0.05, 0.1) is 0 Å².